The highest BCUT2D eigenvalue weighted by Gasteiger charge is 2.38. The van der Waals surface area contributed by atoms with E-state index in [1.807, 2.05) is 0 Å². The topological polar surface area (TPSA) is 75.5 Å². The van der Waals surface area contributed by atoms with Gasteiger partial charge in [-0.3, -0.25) is 14.9 Å². The smallest absolute Gasteiger partial charge is 0.382 e. The van der Waals surface area contributed by atoms with Gasteiger partial charge in [0.1, 0.15) is 5.56 Å². The maximum Gasteiger partial charge on any atom is 0.423 e. The number of carbonyl (C=O) groups is 1. The molecule has 1 heterocycles. The fourth-order valence-corrected chi connectivity index (χ4v) is 2.31. The number of anilines is 1. The van der Waals surface area contributed by atoms with Crippen LogP contribution in [0.3, 0.4) is 0 Å². The summed E-state index contributed by atoms with van der Waals surface area (Å²) in [5, 5.41) is 13.5. The highest BCUT2D eigenvalue weighted by molar-refractivity contribution is 5.78. The second-order valence-electron chi connectivity index (χ2n) is 5.14. The van der Waals surface area contributed by atoms with Gasteiger partial charge in [0.05, 0.1) is 4.92 Å². The number of hydrogen-bond acceptors (Lipinski definition) is 4. The van der Waals surface area contributed by atoms with Crippen LogP contribution in [-0.2, 0) is 11.0 Å². The van der Waals surface area contributed by atoms with Crippen LogP contribution in [0.15, 0.2) is 18.2 Å². The number of rotatable bonds is 3. The normalized spacial score (nSPS) is 19.2. The Hall–Kier alpha value is -2.32. The monoisotopic (exact) mass is 317 g/mol. The van der Waals surface area contributed by atoms with Crippen molar-refractivity contribution in [2.24, 2.45) is 0 Å². The van der Waals surface area contributed by atoms with Gasteiger partial charge in [-0.15, -0.1) is 0 Å². The predicted molar refractivity (Wildman–Crippen MR) is 72.4 cm³/mol. The largest absolute Gasteiger partial charge is 0.423 e. The molecule has 0 aromatic heterocycles. The Morgan fingerprint density at radius 2 is 2.09 bits per heavy atom. The number of nitro benzene ring substituents is 1. The van der Waals surface area contributed by atoms with E-state index >= 15 is 0 Å². The minimum Gasteiger partial charge on any atom is -0.382 e. The summed E-state index contributed by atoms with van der Waals surface area (Å²) in [4.78, 5) is 22.8. The Morgan fingerprint density at radius 1 is 1.41 bits per heavy atom. The van der Waals surface area contributed by atoms with Gasteiger partial charge in [-0.25, -0.2) is 0 Å². The van der Waals surface area contributed by atoms with Crippen molar-refractivity contribution in [3.05, 3.63) is 33.9 Å². The Labute approximate surface area is 124 Å². The quantitative estimate of drug-likeness (QED) is 0.687. The van der Waals surface area contributed by atoms with Gasteiger partial charge in [0.2, 0.25) is 5.91 Å². The number of piperidine rings is 1. The average Bonchev–Trinajstić information content (AvgIpc) is 2.41. The van der Waals surface area contributed by atoms with E-state index < -0.39 is 22.4 Å². The molecule has 1 unspecified atom stereocenters. The molecule has 120 valence electrons. The first-order valence-electron chi connectivity index (χ1n) is 6.54. The summed E-state index contributed by atoms with van der Waals surface area (Å²) in [6, 6.07) is 2.46. The molecule has 1 saturated heterocycles. The Morgan fingerprint density at radius 3 is 2.64 bits per heavy atom. The Kier molecular flexibility index (Phi) is 4.25. The van der Waals surface area contributed by atoms with Gasteiger partial charge >= 0.3 is 6.18 Å². The number of alkyl halides is 3. The van der Waals surface area contributed by atoms with Crippen LogP contribution in [0, 0.1) is 10.1 Å². The molecular weight excluding hydrogens is 303 g/mol. The van der Waals surface area contributed by atoms with Crippen molar-refractivity contribution in [2.45, 2.75) is 25.1 Å². The van der Waals surface area contributed by atoms with E-state index in [4.69, 9.17) is 0 Å². The lowest BCUT2D eigenvalue weighted by molar-refractivity contribution is -0.388. The molecule has 1 fully saturated rings. The fraction of sp³-hybridized carbons (Fsp3) is 0.462. The molecule has 1 amide bonds. The van der Waals surface area contributed by atoms with E-state index in [-0.39, 0.29) is 24.1 Å². The van der Waals surface area contributed by atoms with Crippen LogP contribution in [0.1, 0.15) is 18.4 Å². The van der Waals surface area contributed by atoms with Crippen molar-refractivity contribution in [3.63, 3.8) is 0 Å². The van der Waals surface area contributed by atoms with Gasteiger partial charge in [0, 0.05) is 37.8 Å². The summed E-state index contributed by atoms with van der Waals surface area (Å²) in [5.74, 6) is -0.0956. The van der Waals surface area contributed by atoms with E-state index in [1.165, 1.54) is 6.07 Å². The van der Waals surface area contributed by atoms with E-state index in [9.17, 15) is 28.1 Å². The standard InChI is InChI=1S/C13H14F3N3O3/c1-18-5-4-9(7-12(18)20)17-8-2-3-11(19(21)22)10(6-8)13(14,15)16/h2-3,6,9,17H,4-5,7H2,1H3. The molecule has 1 aromatic rings. The van der Waals surface area contributed by atoms with Crippen LogP contribution < -0.4 is 5.32 Å². The number of nitrogens with zero attached hydrogens (tertiary/aromatic N) is 2. The number of halogens is 3. The zero-order valence-corrected chi connectivity index (χ0v) is 11.7. The molecule has 0 aliphatic carbocycles. The fourth-order valence-electron chi connectivity index (χ4n) is 2.31. The molecule has 1 aromatic carbocycles. The third kappa shape index (κ3) is 3.46. The molecule has 0 saturated carbocycles. The van der Waals surface area contributed by atoms with Crippen LogP contribution in [-0.4, -0.2) is 35.4 Å². The van der Waals surface area contributed by atoms with Crippen LogP contribution in [0.25, 0.3) is 0 Å². The van der Waals surface area contributed by atoms with Crippen LogP contribution >= 0.6 is 0 Å². The first kappa shape index (κ1) is 16.1. The van der Waals surface area contributed by atoms with Gasteiger partial charge in [0.15, 0.2) is 0 Å². The molecule has 0 bridgehead atoms. The summed E-state index contributed by atoms with van der Waals surface area (Å²) in [6.07, 6.45) is -4.04. The number of amides is 1. The summed E-state index contributed by atoms with van der Waals surface area (Å²) >= 11 is 0. The summed E-state index contributed by atoms with van der Waals surface area (Å²) in [6.45, 7) is 0.510. The summed E-state index contributed by atoms with van der Waals surface area (Å²) in [5.41, 5.74) is -2.18. The van der Waals surface area contributed by atoms with Gasteiger partial charge in [-0.05, 0) is 18.6 Å². The molecule has 1 N–H and O–H groups in total. The van der Waals surface area contributed by atoms with Crippen molar-refractivity contribution in [3.8, 4) is 0 Å². The Balaban J connectivity index is 2.22. The molecule has 1 aliphatic rings. The minimum absolute atomic E-state index is 0.0956. The second kappa shape index (κ2) is 5.82. The predicted octanol–water partition coefficient (Wildman–Crippen LogP) is 2.65. The maximum absolute atomic E-state index is 12.9. The molecule has 6 nitrogen and oxygen atoms in total. The SMILES string of the molecule is CN1CCC(Nc2ccc([N+](=O)[O-])c(C(F)(F)F)c2)CC1=O. The first-order valence-corrected chi connectivity index (χ1v) is 6.54. The highest BCUT2D eigenvalue weighted by Crippen LogP contribution is 2.37. The summed E-state index contributed by atoms with van der Waals surface area (Å²) in [7, 11) is 1.66. The zero-order valence-electron chi connectivity index (χ0n) is 11.7. The number of likely N-dealkylation sites (tertiary alicyclic amines) is 1. The third-order valence-electron chi connectivity index (χ3n) is 3.53. The number of nitro groups is 1. The molecule has 0 spiro atoms. The lowest BCUT2D eigenvalue weighted by atomic mass is 10.0. The molecule has 9 heteroatoms. The van der Waals surface area contributed by atoms with Crippen molar-refractivity contribution >= 4 is 17.3 Å². The van der Waals surface area contributed by atoms with Gasteiger partial charge < -0.3 is 10.2 Å². The Bertz CT molecular complexity index is 604. The van der Waals surface area contributed by atoms with Crippen LogP contribution in [0.2, 0.25) is 0 Å². The number of carbonyl (C=O) groups excluding carboxylic acids is 1. The molecule has 2 rings (SSSR count). The van der Waals surface area contributed by atoms with Crippen molar-refractivity contribution in [2.75, 3.05) is 18.9 Å². The average molecular weight is 317 g/mol. The van der Waals surface area contributed by atoms with E-state index in [0.29, 0.717) is 19.0 Å². The maximum atomic E-state index is 12.9. The van der Waals surface area contributed by atoms with Crippen molar-refractivity contribution in [1.82, 2.24) is 4.90 Å². The third-order valence-corrected chi connectivity index (χ3v) is 3.53. The molecule has 1 atom stereocenters. The van der Waals surface area contributed by atoms with Crippen LogP contribution in [0.5, 0.6) is 0 Å². The van der Waals surface area contributed by atoms with E-state index in [1.54, 1.807) is 11.9 Å². The lowest BCUT2D eigenvalue weighted by Gasteiger charge is -2.30. The van der Waals surface area contributed by atoms with E-state index in [0.717, 1.165) is 6.07 Å². The van der Waals surface area contributed by atoms with Crippen molar-refractivity contribution < 1.29 is 22.9 Å². The molecule has 22 heavy (non-hydrogen) atoms. The molecular formula is C13H14F3N3O3. The molecule has 1 aliphatic heterocycles. The number of benzene rings is 1. The van der Waals surface area contributed by atoms with Gasteiger partial charge in [-0.2, -0.15) is 13.2 Å². The van der Waals surface area contributed by atoms with E-state index in [2.05, 4.69) is 5.32 Å². The first-order chi connectivity index (χ1) is 10.2. The molecule has 0 radical (unpaired) electrons. The zero-order chi connectivity index (χ0) is 16.5. The lowest BCUT2D eigenvalue weighted by Crippen LogP contribution is -2.41. The second-order valence-corrected chi connectivity index (χ2v) is 5.14. The van der Waals surface area contributed by atoms with Gasteiger partial charge in [0.25, 0.3) is 5.69 Å². The number of hydrogen-bond donors (Lipinski definition) is 1. The number of nitrogens with one attached hydrogen (secondary N) is 1. The minimum atomic E-state index is -4.82. The highest BCUT2D eigenvalue weighted by atomic mass is 19.4. The summed E-state index contributed by atoms with van der Waals surface area (Å²) < 4.78 is 38.7. The van der Waals surface area contributed by atoms with Crippen LogP contribution in [0.4, 0.5) is 24.5 Å². The van der Waals surface area contributed by atoms with Crippen molar-refractivity contribution in [1.29, 1.82) is 0 Å². The van der Waals surface area contributed by atoms with Gasteiger partial charge in [-0.1, -0.05) is 0 Å².